The molecule has 2 nitrogen and oxygen atoms in total. The molecule has 0 radical (unpaired) electrons. The first-order valence-electron chi connectivity index (χ1n) is 5.07. The average molecular weight is 267 g/mol. The Morgan fingerprint density at radius 3 is 2.18 bits per heavy atom. The summed E-state index contributed by atoms with van der Waals surface area (Å²) in [6.45, 7) is 1.82. The molecule has 2 rings (SSSR count). The summed E-state index contributed by atoms with van der Waals surface area (Å²) in [4.78, 5) is 0.510. The van der Waals surface area contributed by atoms with E-state index in [1.807, 2.05) is 6.92 Å². The highest BCUT2D eigenvalue weighted by atomic mass is 35.5. The number of halogens is 1. The zero-order valence-electron chi connectivity index (χ0n) is 9.22. The molecule has 0 aromatic heterocycles. The second kappa shape index (κ2) is 4.51. The molecule has 0 fully saturated rings. The Labute approximate surface area is 106 Å². The maximum atomic E-state index is 12.3. The molecule has 0 amide bonds. The van der Waals surface area contributed by atoms with Crippen LogP contribution in [0.1, 0.15) is 5.56 Å². The monoisotopic (exact) mass is 266 g/mol. The quantitative estimate of drug-likeness (QED) is 0.834. The lowest BCUT2D eigenvalue weighted by molar-refractivity contribution is 0.596. The highest BCUT2D eigenvalue weighted by Crippen LogP contribution is 2.24. The smallest absolute Gasteiger partial charge is 0.206 e. The number of benzene rings is 2. The Kier molecular flexibility index (Phi) is 3.22. The predicted octanol–water partition coefficient (Wildman–Crippen LogP) is 3.48. The standard InChI is InChI=1S/C13H11ClO2S/c1-10-7-11(14)9-13(8-10)17(15,16)12-5-3-2-4-6-12/h2-9H,1H3. The Morgan fingerprint density at radius 1 is 0.941 bits per heavy atom. The molecule has 4 heteroatoms. The van der Waals surface area contributed by atoms with Gasteiger partial charge in [0.1, 0.15) is 0 Å². The predicted molar refractivity (Wildman–Crippen MR) is 68.1 cm³/mol. The molecule has 0 N–H and O–H groups in total. The molecule has 2 aromatic carbocycles. The maximum absolute atomic E-state index is 12.3. The molecule has 0 heterocycles. The molecule has 0 saturated carbocycles. The van der Waals surface area contributed by atoms with Crippen LogP contribution in [-0.2, 0) is 9.84 Å². The topological polar surface area (TPSA) is 34.1 Å². The van der Waals surface area contributed by atoms with Crippen molar-refractivity contribution >= 4 is 21.4 Å². The fourth-order valence-electron chi connectivity index (χ4n) is 1.59. The van der Waals surface area contributed by atoms with Gasteiger partial charge in [0.25, 0.3) is 0 Å². The zero-order chi connectivity index (χ0) is 12.5. The summed E-state index contributed by atoms with van der Waals surface area (Å²) in [6, 6.07) is 13.1. The summed E-state index contributed by atoms with van der Waals surface area (Å²) in [6.07, 6.45) is 0. The fourth-order valence-corrected chi connectivity index (χ4v) is 3.36. The van der Waals surface area contributed by atoms with Crippen molar-refractivity contribution in [2.75, 3.05) is 0 Å². The van der Waals surface area contributed by atoms with E-state index < -0.39 is 9.84 Å². The van der Waals surface area contributed by atoms with Gasteiger partial charge >= 0.3 is 0 Å². The van der Waals surface area contributed by atoms with Crippen LogP contribution in [0.2, 0.25) is 5.02 Å². The molecule has 0 aliphatic carbocycles. The van der Waals surface area contributed by atoms with Crippen molar-refractivity contribution in [3.8, 4) is 0 Å². The van der Waals surface area contributed by atoms with E-state index in [2.05, 4.69) is 0 Å². The first-order valence-corrected chi connectivity index (χ1v) is 6.93. The van der Waals surface area contributed by atoms with Gasteiger partial charge in [0.2, 0.25) is 9.84 Å². The van der Waals surface area contributed by atoms with Gasteiger partial charge in [-0.15, -0.1) is 0 Å². The molecule has 88 valence electrons. The zero-order valence-corrected chi connectivity index (χ0v) is 10.8. The normalized spacial score (nSPS) is 11.4. The summed E-state index contributed by atoms with van der Waals surface area (Å²) in [5.74, 6) is 0. The Balaban J connectivity index is 2.60. The van der Waals surface area contributed by atoms with Crippen molar-refractivity contribution < 1.29 is 8.42 Å². The van der Waals surface area contributed by atoms with E-state index >= 15 is 0 Å². The average Bonchev–Trinajstić information content (AvgIpc) is 2.29. The number of hydrogen-bond donors (Lipinski definition) is 0. The van der Waals surface area contributed by atoms with Crippen molar-refractivity contribution in [2.24, 2.45) is 0 Å². The first kappa shape index (κ1) is 12.1. The van der Waals surface area contributed by atoms with Gasteiger partial charge in [0, 0.05) is 5.02 Å². The minimum Gasteiger partial charge on any atom is -0.219 e. The number of hydrogen-bond acceptors (Lipinski definition) is 2. The van der Waals surface area contributed by atoms with E-state index in [4.69, 9.17) is 11.6 Å². The molecule has 0 saturated heterocycles. The summed E-state index contributed by atoms with van der Waals surface area (Å²) >= 11 is 5.88. The Morgan fingerprint density at radius 2 is 1.59 bits per heavy atom. The lowest BCUT2D eigenvalue weighted by Crippen LogP contribution is -2.02. The van der Waals surface area contributed by atoms with Crippen LogP contribution < -0.4 is 0 Å². The van der Waals surface area contributed by atoms with Crippen LogP contribution >= 0.6 is 11.6 Å². The van der Waals surface area contributed by atoms with E-state index in [9.17, 15) is 8.42 Å². The highest BCUT2D eigenvalue weighted by molar-refractivity contribution is 7.91. The highest BCUT2D eigenvalue weighted by Gasteiger charge is 2.17. The number of rotatable bonds is 2. The van der Waals surface area contributed by atoms with Crippen molar-refractivity contribution in [3.05, 3.63) is 59.1 Å². The van der Waals surface area contributed by atoms with E-state index in [1.54, 1.807) is 42.5 Å². The molecule has 0 spiro atoms. The van der Waals surface area contributed by atoms with Crippen molar-refractivity contribution in [3.63, 3.8) is 0 Å². The molecule has 2 aromatic rings. The Hall–Kier alpha value is -1.32. The van der Waals surface area contributed by atoms with Crippen molar-refractivity contribution in [2.45, 2.75) is 16.7 Å². The Bertz CT molecular complexity index is 613. The minimum atomic E-state index is -3.47. The second-order valence-electron chi connectivity index (χ2n) is 3.78. The first-order chi connectivity index (χ1) is 8.00. The van der Waals surface area contributed by atoms with Gasteiger partial charge in [-0.2, -0.15) is 0 Å². The van der Waals surface area contributed by atoms with Crippen LogP contribution in [0.3, 0.4) is 0 Å². The SMILES string of the molecule is Cc1cc(Cl)cc(S(=O)(=O)c2ccccc2)c1. The van der Waals surface area contributed by atoms with Crippen LogP contribution in [0, 0.1) is 6.92 Å². The lowest BCUT2D eigenvalue weighted by Gasteiger charge is -2.06. The summed E-state index contributed by atoms with van der Waals surface area (Å²) in [5, 5.41) is 0.430. The molecular weight excluding hydrogens is 256 g/mol. The van der Waals surface area contributed by atoms with Crippen LogP contribution in [0.15, 0.2) is 58.3 Å². The number of aryl methyl sites for hydroxylation is 1. The fraction of sp³-hybridized carbons (Fsp3) is 0.0769. The molecule has 0 atom stereocenters. The summed E-state index contributed by atoms with van der Waals surface area (Å²) in [5.41, 5.74) is 0.826. The van der Waals surface area contributed by atoms with Crippen LogP contribution in [-0.4, -0.2) is 8.42 Å². The van der Waals surface area contributed by atoms with E-state index in [0.29, 0.717) is 5.02 Å². The van der Waals surface area contributed by atoms with Gasteiger partial charge in [-0.05, 0) is 42.8 Å². The van der Waals surface area contributed by atoms with Crippen LogP contribution in [0.25, 0.3) is 0 Å². The van der Waals surface area contributed by atoms with Gasteiger partial charge in [-0.25, -0.2) is 8.42 Å². The van der Waals surface area contributed by atoms with Gasteiger partial charge in [-0.1, -0.05) is 29.8 Å². The van der Waals surface area contributed by atoms with E-state index in [0.717, 1.165) is 5.56 Å². The molecule has 17 heavy (non-hydrogen) atoms. The van der Waals surface area contributed by atoms with E-state index in [1.165, 1.54) is 6.07 Å². The molecule has 0 aliphatic heterocycles. The third kappa shape index (κ3) is 2.51. The van der Waals surface area contributed by atoms with E-state index in [-0.39, 0.29) is 9.79 Å². The van der Waals surface area contributed by atoms with Gasteiger partial charge in [-0.3, -0.25) is 0 Å². The molecule has 0 bridgehead atoms. The molecular formula is C13H11ClO2S. The van der Waals surface area contributed by atoms with Crippen LogP contribution in [0.4, 0.5) is 0 Å². The molecule has 0 aliphatic rings. The van der Waals surface area contributed by atoms with Crippen molar-refractivity contribution in [1.29, 1.82) is 0 Å². The summed E-state index contributed by atoms with van der Waals surface area (Å²) < 4.78 is 24.6. The number of sulfone groups is 1. The summed E-state index contributed by atoms with van der Waals surface area (Å²) in [7, 11) is -3.47. The van der Waals surface area contributed by atoms with Gasteiger partial charge < -0.3 is 0 Å². The van der Waals surface area contributed by atoms with Gasteiger partial charge in [0.05, 0.1) is 9.79 Å². The third-order valence-electron chi connectivity index (χ3n) is 2.38. The van der Waals surface area contributed by atoms with Crippen LogP contribution in [0.5, 0.6) is 0 Å². The largest absolute Gasteiger partial charge is 0.219 e. The maximum Gasteiger partial charge on any atom is 0.206 e. The van der Waals surface area contributed by atoms with Crippen molar-refractivity contribution in [1.82, 2.24) is 0 Å². The molecule has 0 unspecified atom stereocenters. The minimum absolute atomic E-state index is 0.230. The lowest BCUT2D eigenvalue weighted by atomic mass is 10.2. The third-order valence-corrected chi connectivity index (χ3v) is 4.35. The van der Waals surface area contributed by atoms with Gasteiger partial charge in [0.15, 0.2) is 0 Å². The second-order valence-corrected chi connectivity index (χ2v) is 6.17.